The zero-order valence-electron chi connectivity index (χ0n) is 2.13. The molecule has 0 heterocycles. The van der Waals surface area contributed by atoms with Gasteiger partial charge in [-0.3, -0.25) is 0 Å². The van der Waals surface area contributed by atoms with Gasteiger partial charge < -0.3 is 9.79 Å². The minimum atomic E-state index is -4.17. The molecule has 0 bridgehead atoms. The van der Waals surface area contributed by atoms with Crippen LogP contribution < -0.4 is 0 Å². The van der Waals surface area contributed by atoms with E-state index >= 15 is 0 Å². The van der Waals surface area contributed by atoms with Gasteiger partial charge >= 0.3 is 25.8 Å². The van der Waals surface area contributed by atoms with Crippen molar-refractivity contribution in [3.8, 4) is 0 Å². The zero-order valence-corrected chi connectivity index (χ0v) is 3.78. The molecule has 0 amide bonds. The summed E-state index contributed by atoms with van der Waals surface area (Å²) in [6.07, 6.45) is 0. The third-order valence-corrected chi connectivity index (χ3v) is 0. The van der Waals surface area contributed by atoms with Gasteiger partial charge in [0.05, 0.1) is 0 Å². The van der Waals surface area contributed by atoms with Crippen molar-refractivity contribution < 1.29 is 14.4 Å². The second-order valence-electron chi connectivity index (χ2n) is 0.473. The average molecular weight is 124 g/mol. The molecule has 0 rings (SSSR count). The summed E-state index contributed by atoms with van der Waals surface area (Å²) < 4.78 is 9.09. The van der Waals surface area contributed by atoms with Crippen LogP contribution in [-0.4, -0.2) is 28.6 Å². The van der Waals surface area contributed by atoms with Crippen LogP contribution in [-0.2, 0) is 4.57 Å². The summed E-state index contributed by atoms with van der Waals surface area (Å²) >= 11 is 4.20. The summed E-state index contributed by atoms with van der Waals surface area (Å²) in [6.45, 7) is -4.17. The van der Waals surface area contributed by atoms with Crippen LogP contribution >= 0.6 is 18.2 Å². The molecule has 3 nitrogen and oxygen atoms in total. The maximum absolute atomic E-state index is 9.09. The topological polar surface area (TPSA) is 57.5 Å². The molecule has 0 spiro atoms. The van der Waals surface area contributed by atoms with Crippen molar-refractivity contribution in [1.29, 1.82) is 0 Å². The van der Waals surface area contributed by atoms with Gasteiger partial charge in [0.25, 0.3) is 0 Å². The van der Waals surface area contributed by atoms with E-state index in [1.807, 2.05) is 0 Å². The number of hydrogen-bond donors (Lipinski definition) is 2. The molecule has 6 heteroatoms. The van der Waals surface area contributed by atoms with E-state index in [1.165, 1.54) is 0 Å². The molecule has 2 N–H and O–H groups in total. The van der Waals surface area contributed by atoms with Crippen LogP contribution in [0.4, 0.5) is 0 Å². The molecular formula is H3ClLiO3P. The van der Waals surface area contributed by atoms with Gasteiger partial charge in [-0.2, -0.15) is 0 Å². The second kappa shape index (κ2) is 3.09. The number of hydrogen-bond acceptors (Lipinski definition) is 1. The van der Waals surface area contributed by atoms with Gasteiger partial charge in [-0.1, -0.05) is 0 Å². The number of rotatable bonds is 0. The summed E-state index contributed by atoms with van der Waals surface area (Å²) in [6, 6.07) is 0. The Morgan fingerprint density at radius 2 is 1.50 bits per heavy atom. The standard InChI is InChI=1S/ClH2O3P.Li.H/c1-5(2,3)4;;/h(H2,2,3,4);;. The van der Waals surface area contributed by atoms with E-state index in [0.717, 1.165) is 0 Å². The second-order valence-corrected chi connectivity index (χ2v) is 2.74. The Hall–Kier alpha value is 1.04. The third kappa shape index (κ3) is 76.3. The molecule has 0 radical (unpaired) electrons. The normalized spacial score (nSPS) is 9.83. The van der Waals surface area contributed by atoms with Gasteiger partial charge in [-0.15, -0.1) is 0 Å². The van der Waals surface area contributed by atoms with Gasteiger partial charge in [0.1, 0.15) is 0 Å². The van der Waals surface area contributed by atoms with Crippen LogP contribution in [0, 0.1) is 0 Å². The van der Waals surface area contributed by atoms with Crippen molar-refractivity contribution in [1.82, 2.24) is 0 Å². The molecule has 0 saturated carbocycles. The Bertz CT molecular complexity index is 56.9. The van der Waals surface area contributed by atoms with Gasteiger partial charge in [0.2, 0.25) is 0 Å². The first-order chi connectivity index (χ1) is 2.00. The fourth-order valence-corrected chi connectivity index (χ4v) is 0. The van der Waals surface area contributed by atoms with Gasteiger partial charge in [0.15, 0.2) is 0 Å². The average Bonchev–Trinajstić information content (AvgIpc) is 0.722. The van der Waals surface area contributed by atoms with Crippen molar-refractivity contribution in [2.75, 3.05) is 0 Å². The minimum absolute atomic E-state index is 0. The molecule has 34 valence electrons. The van der Waals surface area contributed by atoms with E-state index in [4.69, 9.17) is 14.4 Å². The predicted octanol–water partition coefficient (Wildman–Crippen LogP) is -0.331. The van der Waals surface area contributed by atoms with Crippen molar-refractivity contribution >= 4 is 37.0 Å². The van der Waals surface area contributed by atoms with Crippen LogP contribution in [0.25, 0.3) is 0 Å². The molecule has 0 unspecified atom stereocenters. The molecule has 0 atom stereocenters. The van der Waals surface area contributed by atoms with Crippen LogP contribution in [0.1, 0.15) is 0 Å². The SMILES string of the molecule is O=P(O)(O)Cl.[LiH]. The Morgan fingerprint density at radius 3 is 1.50 bits per heavy atom. The van der Waals surface area contributed by atoms with Crippen molar-refractivity contribution in [3.63, 3.8) is 0 Å². The van der Waals surface area contributed by atoms with Gasteiger partial charge in [-0.25, -0.2) is 4.57 Å². The predicted molar refractivity (Wildman–Crippen MR) is 25.0 cm³/mol. The van der Waals surface area contributed by atoms with E-state index < -0.39 is 6.95 Å². The first-order valence-electron chi connectivity index (χ1n) is 0.752. The summed E-state index contributed by atoms with van der Waals surface area (Å²) in [5.74, 6) is 0. The molecule has 0 saturated heterocycles. The fraction of sp³-hybridized carbons (Fsp3) is 0. The Morgan fingerprint density at radius 1 is 1.50 bits per heavy atom. The molecular weight excluding hydrogens is 121 g/mol. The maximum atomic E-state index is 9.09. The Kier molecular flexibility index (Phi) is 5.21. The molecule has 0 aromatic carbocycles. The van der Waals surface area contributed by atoms with Gasteiger partial charge in [-0.05, 0) is 0 Å². The molecule has 0 aromatic heterocycles. The third-order valence-electron chi connectivity index (χ3n) is 0. The summed E-state index contributed by atoms with van der Waals surface area (Å²) in [4.78, 5) is 14.8. The molecule has 0 aliphatic heterocycles. The first-order valence-corrected chi connectivity index (χ1v) is 3.27. The van der Waals surface area contributed by atoms with Crippen LogP contribution in [0.2, 0.25) is 0 Å². The Balaban J connectivity index is 0. The van der Waals surface area contributed by atoms with E-state index in [1.54, 1.807) is 0 Å². The molecule has 0 aliphatic carbocycles. The monoisotopic (exact) mass is 124 g/mol. The van der Waals surface area contributed by atoms with Crippen molar-refractivity contribution in [3.05, 3.63) is 0 Å². The fourth-order valence-electron chi connectivity index (χ4n) is 0. The first kappa shape index (κ1) is 10.1. The van der Waals surface area contributed by atoms with Crippen molar-refractivity contribution in [2.45, 2.75) is 0 Å². The Labute approximate surface area is 51.8 Å². The summed E-state index contributed by atoms with van der Waals surface area (Å²) in [7, 11) is 0. The van der Waals surface area contributed by atoms with E-state index in [-0.39, 0.29) is 18.9 Å². The summed E-state index contributed by atoms with van der Waals surface area (Å²) in [5, 5.41) is 0. The van der Waals surface area contributed by atoms with Gasteiger partial charge in [0, 0.05) is 11.2 Å². The van der Waals surface area contributed by atoms with Crippen LogP contribution in [0.15, 0.2) is 0 Å². The molecule has 0 aromatic rings. The van der Waals surface area contributed by atoms with Crippen LogP contribution in [0.5, 0.6) is 0 Å². The zero-order chi connectivity index (χ0) is 4.50. The van der Waals surface area contributed by atoms with E-state index in [0.29, 0.717) is 0 Å². The summed E-state index contributed by atoms with van der Waals surface area (Å²) in [5.41, 5.74) is 0. The molecule has 0 fully saturated rings. The number of halogens is 1. The van der Waals surface area contributed by atoms with E-state index in [2.05, 4.69) is 11.2 Å². The van der Waals surface area contributed by atoms with Crippen molar-refractivity contribution in [2.24, 2.45) is 0 Å². The van der Waals surface area contributed by atoms with Crippen LogP contribution in [0.3, 0.4) is 0 Å². The van der Waals surface area contributed by atoms with E-state index in [9.17, 15) is 0 Å². The molecule has 6 heavy (non-hydrogen) atoms. The quantitative estimate of drug-likeness (QED) is 0.343. The molecule has 0 aliphatic rings.